The van der Waals surface area contributed by atoms with Crippen molar-refractivity contribution in [3.63, 3.8) is 0 Å². The van der Waals surface area contributed by atoms with Crippen LogP contribution in [0.2, 0.25) is 0 Å². The first-order chi connectivity index (χ1) is 12.0. The Labute approximate surface area is 145 Å². The third-order valence-corrected chi connectivity index (χ3v) is 3.57. The number of rotatable bonds is 5. The van der Waals surface area contributed by atoms with E-state index >= 15 is 0 Å². The zero-order chi connectivity index (χ0) is 17.8. The average Bonchev–Trinajstić information content (AvgIpc) is 3.00. The summed E-state index contributed by atoms with van der Waals surface area (Å²) in [5.74, 6) is 0.962. The van der Waals surface area contributed by atoms with Gasteiger partial charge in [0, 0.05) is 17.4 Å². The maximum Gasteiger partial charge on any atom is 0.275 e. The van der Waals surface area contributed by atoms with Gasteiger partial charge in [-0.25, -0.2) is 9.97 Å². The highest BCUT2D eigenvalue weighted by Crippen LogP contribution is 2.16. The van der Waals surface area contributed by atoms with Gasteiger partial charge in [-0.3, -0.25) is 4.79 Å². The number of anilines is 3. The van der Waals surface area contributed by atoms with Gasteiger partial charge in [0.25, 0.3) is 5.91 Å². The van der Waals surface area contributed by atoms with Gasteiger partial charge in [-0.1, -0.05) is 24.2 Å². The summed E-state index contributed by atoms with van der Waals surface area (Å²) >= 11 is 0. The van der Waals surface area contributed by atoms with Crippen molar-refractivity contribution in [3.05, 3.63) is 59.1 Å². The van der Waals surface area contributed by atoms with E-state index in [0.29, 0.717) is 23.2 Å². The number of nitrogens with zero attached hydrogens (tertiary/aromatic N) is 3. The number of benzene rings is 1. The van der Waals surface area contributed by atoms with Gasteiger partial charge >= 0.3 is 0 Å². The molecule has 0 aliphatic carbocycles. The van der Waals surface area contributed by atoms with Crippen molar-refractivity contribution >= 4 is 23.4 Å². The fourth-order valence-electron chi connectivity index (χ4n) is 2.30. The van der Waals surface area contributed by atoms with Gasteiger partial charge in [-0.15, -0.1) is 0 Å². The molecule has 1 aromatic carbocycles. The first-order valence-corrected chi connectivity index (χ1v) is 8.00. The molecular formula is C18H19N5O2. The van der Waals surface area contributed by atoms with Crippen molar-refractivity contribution in [2.24, 2.45) is 0 Å². The SMILES string of the molecule is CCc1ccc(Nc2nc(C)cc(C(=O)Nc3cc(C)on3)n2)cc1. The lowest BCUT2D eigenvalue weighted by Gasteiger charge is -2.08. The van der Waals surface area contributed by atoms with Gasteiger partial charge in [0.2, 0.25) is 5.95 Å². The summed E-state index contributed by atoms with van der Waals surface area (Å²) in [6.07, 6.45) is 0.979. The maximum absolute atomic E-state index is 12.4. The van der Waals surface area contributed by atoms with Crippen LogP contribution < -0.4 is 10.6 Å². The molecule has 25 heavy (non-hydrogen) atoms. The van der Waals surface area contributed by atoms with Crippen LogP contribution in [0.1, 0.15) is 34.4 Å². The lowest BCUT2D eigenvalue weighted by molar-refractivity contribution is 0.102. The van der Waals surface area contributed by atoms with E-state index in [9.17, 15) is 4.79 Å². The van der Waals surface area contributed by atoms with Crippen LogP contribution in [-0.2, 0) is 6.42 Å². The highest BCUT2D eigenvalue weighted by molar-refractivity contribution is 6.02. The van der Waals surface area contributed by atoms with E-state index in [4.69, 9.17) is 4.52 Å². The fourth-order valence-corrected chi connectivity index (χ4v) is 2.30. The summed E-state index contributed by atoms with van der Waals surface area (Å²) in [6.45, 7) is 5.67. The van der Waals surface area contributed by atoms with Crippen molar-refractivity contribution in [1.82, 2.24) is 15.1 Å². The predicted octanol–water partition coefficient (Wildman–Crippen LogP) is 3.64. The third-order valence-electron chi connectivity index (χ3n) is 3.57. The molecule has 0 aliphatic heterocycles. The number of aromatic nitrogens is 3. The second-order valence-corrected chi connectivity index (χ2v) is 5.67. The first kappa shape index (κ1) is 16.6. The van der Waals surface area contributed by atoms with Crippen molar-refractivity contribution in [2.75, 3.05) is 10.6 Å². The third kappa shape index (κ3) is 4.20. The average molecular weight is 337 g/mol. The number of amides is 1. The number of hydrogen-bond acceptors (Lipinski definition) is 6. The van der Waals surface area contributed by atoms with Crippen LogP contribution in [0.3, 0.4) is 0 Å². The van der Waals surface area contributed by atoms with E-state index in [1.165, 1.54) is 5.56 Å². The van der Waals surface area contributed by atoms with E-state index < -0.39 is 0 Å². The van der Waals surface area contributed by atoms with E-state index in [2.05, 4.69) is 32.7 Å². The highest BCUT2D eigenvalue weighted by atomic mass is 16.5. The fraction of sp³-hybridized carbons (Fsp3) is 0.222. The smallest absolute Gasteiger partial charge is 0.275 e. The molecule has 0 fully saturated rings. The topological polar surface area (TPSA) is 92.9 Å². The minimum atomic E-state index is -0.372. The van der Waals surface area contributed by atoms with E-state index in [-0.39, 0.29) is 11.6 Å². The van der Waals surface area contributed by atoms with Crippen molar-refractivity contribution < 1.29 is 9.32 Å². The Morgan fingerprint density at radius 1 is 1.12 bits per heavy atom. The minimum Gasteiger partial charge on any atom is -0.360 e. The minimum absolute atomic E-state index is 0.251. The highest BCUT2D eigenvalue weighted by Gasteiger charge is 2.13. The summed E-state index contributed by atoms with van der Waals surface area (Å²) in [4.78, 5) is 21.0. The Morgan fingerprint density at radius 2 is 1.88 bits per heavy atom. The molecule has 0 unspecified atom stereocenters. The molecule has 0 bridgehead atoms. The van der Waals surface area contributed by atoms with Gasteiger partial charge in [0.05, 0.1) is 0 Å². The Balaban J connectivity index is 1.78. The Bertz CT molecular complexity index is 887. The molecule has 0 radical (unpaired) electrons. The van der Waals surface area contributed by atoms with Gasteiger partial charge in [-0.05, 0) is 44.0 Å². The van der Waals surface area contributed by atoms with E-state index in [1.807, 2.05) is 31.2 Å². The standard InChI is InChI=1S/C18H19N5O2/c1-4-13-5-7-14(8-6-13)20-18-19-11(2)9-15(21-18)17(24)22-16-10-12(3)25-23-16/h5-10H,4H2,1-3H3,(H,19,20,21)(H,22,23,24). The number of nitrogens with one attached hydrogen (secondary N) is 2. The van der Waals surface area contributed by atoms with Crippen LogP contribution in [0.4, 0.5) is 17.5 Å². The summed E-state index contributed by atoms with van der Waals surface area (Å²) in [7, 11) is 0. The molecular weight excluding hydrogens is 318 g/mol. The van der Waals surface area contributed by atoms with Crippen LogP contribution in [-0.4, -0.2) is 21.0 Å². The molecule has 0 atom stereocenters. The normalized spacial score (nSPS) is 10.5. The van der Waals surface area contributed by atoms with Crippen LogP contribution >= 0.6 is 0 Å². The Kier molecular flexibility index (Phi) is 4.74. The van der Waals surface area contributed by atoms with Crippen LogP contribution in [0.25, 0.3) is 0 Å². The van der Waals surface area contributed by atoms with E-state index in [0.717, 1.165) is 12.1 Å². The molecule has 128 valence electrons. The zero-order valence-electron chi connectivity index (χ0n) is 14.3. The molecule has 0 aliphatic rings. The summed E-state index contributed by atoms with van der Waals surface area (Å²) in [5.41, 5.74) is 3.05. The largest absolute Gasteiger partial charge is 0.360 e. The van der Waals surface area contributed by atoms with Gasteiger partial charge in [0.15, 0.2) is 5.82 Å². The molecule has 0 saturated carbocycles. The second-order valence-electron chi connectivity index (χ2n) is 5.67. The number of hydrogen-bond donors (Lipinski definition) is 2. The molecule has 3 aromatic rings. The summed E-state index contributed by atoms with van der Waals surface area (Å²) < 4.78 is 4.94. The van der Waals surface area contributed by atoms with Gasteiger partial charge in [-0.2, -0.15) is 0 Å². The van der Waals surface area contributed by atoms with E-state index in [1.54, 1.807) is 19.1 Å². The maximum atomic E-state index is 12.4. The number of carbonyl (C=O) groups is 1. The Morgan fingerprint density at radius 3 is 2.52 bits per heavy atom. The van der Waals surface area contributed by atoms with Gasteiger partial charge in [0.1, 0.15) is 11.5 Å². The molecule has 1 amide bonds. The van der Waals surface area contributed by atoms with Crippen LogP contribution in [0.5, 0.6) is 0 Å². The predicted molar refractivity (Wildman–Crippen MR) is 95.1 cm³/mol. The molecule has 7 nitrogen and oxygen atoms in total. The first-order valence-electron chi connectivity index (χ1n) is 8.00. The lowest BCUT2D eigenvalue weighted by Crippen LogP contribution is -2.15. The quantitative estimate of drug-likeness (QED) is 0.738. The second kappa shape index (κ2) is 7.12. The Hall–Kier alpha value is -3.22. The molecule has 7 heteroatoms. The molecule has 2 aromatic heterocycles. The van der Waals surface area contributed by atoms with Gasteiger partial charge < -0.3 is 15.2 Å². The van der Waals surface area contributed by atoms with Crippen LogP contribution in [0.15, 0.2) is 40.9 Å². The van der Waals surface area contributed by atoms with Crippen LogP contribution in [0, 0.1) is 13.8 Å². The van der Waals surface area contributed by atoms with Crippen molar-refractivity contribution in [1.29, 1.82) is 0 Å². The lowest BCUT2D eigenvalue weighted by atomic mass is 10.1. The molecule has 2 heterocycles. The molecule has 0 spiro atoms. The summed E-state index contributed by atoms with van der Waals surface area (Å²) in [5, 5.41) is 9.52. The number of carbonyl (C=O) groups excluding carboxylic acids is 1. The summed E-state index contributed by atoms with van der Waals surface area (Å²) in [6, 6.07) is 11.3. The monoisotopic (exact) mass is 337 g/mol. The number of aryl methyl sites for hydroxylation is 3. The van der Waals surface area contributed by atoms with Crippen molar-refractivity contribution in [3.8, 4) is 0 Å². The molecule has 3 rings (SSSR count). The zero-order valence-corrected chi connectivity index (χ0v) is 14.3. The molecule has 2 N–H and O–H groups in total. The molecule has 0 saturated heterocycles. The van der Waals surface area contributed by atoms with Crippen molar-refractivity contribution in [2.45, 2.75) is 27.2 Å².